The van der Waals surface area contributed by atoms with Crippen LogP contribution in [0.5, 0.6) is 0 Å². The molecule has 0 aromatic carbocycles. The molecule has 4 heteroatoms. The Labute approximate surface area is 99.6 Å². The molecule has 88 valence electrons. The van der Waals surface area contributed by atoms with Gasteiger partial charge in [0.2, 0.25) is 0 Å². The molecule has 1 unspecified atom stereocenters. The fraction of sp³-hybridized carbons (Fsp3) is 0.583. The molecule has 1 aliphatic carbocycles. The van der Waals surface area contributed by atoms with Crippen molar-refractivity contribution in [2.24, 2.45) is 5.73 Å². The van der Waals surface area contributed by atoms with E-state index in [9.17, 15) is 4.79 Å². The number of esters is 1. The second kappa shape index (κ2) is 5.46. The van der Waals surface area contributed by atoms with E-state index < -0.39 is 6.04 Å². The van der Waals surface area contributed by atoms with E-state index in [0.29, 0.717) is 0 Å². The molecular weight excluding hydrogens is 222 g/mol. The van der Waals surface area contributed by atoms with Crippen molar-refractivity contribution in [2.45, 2.75) is 44.2 Å². The summed E-state index contributed by atoms with van der Waals surface area (Å²) in [5.41, 5.74) is 5.84. The van der Waals surface area contributed by atoms with Crippen molar-refractivity contribution in [3.63, 3.8) is 0 Å². The predicted molar refractivity (Wildman–Crippen MR) is 64.2 cm³/mol. The average Bonchev–Trinajstić information content (AvgIpc) is 2.83. The minimum Gasteiger partial charge on any atom is -0.461 e. The Morgan fingerprint density at radius 2 is 2.19 bits per heavy atom. The van der Waals surface area contributed by atoms with Crippen molar-refractivity contribution in [3.8, 4) is 0 Å². The molecule has 0 bridgehead atoms. The summed E-state index contributed by atoms with van der Waals surface area (Å²) in [6, 6.07) is 3.16. The normalized spacial score (nSPS) is 19.3. The van der Waals surface area contributed by atoms with E-state index in [1.54, 1.807) is 0 Å². The van der Waals surface area contributed by atoms with Gasteiger partial charge >= 0.3 is 5.97 Å². The van der Waals surface area contributed by atoms with Crippen LogP contribution in [0.1, 0.15) is 43.0 Å². The van der Waals surface area contributed by atoms with Gasteiger partial charge in [0, 0.05) is 4.88 Å². The van der Waals surface area contributed by atoms with Crippen molar-refractivity contribution >= 4 is 17.3 Å². The molecule has 0 amide bonds. The molecule has 0 radical (unpaired) electrons. The fourth-order valence-electron chi connectivity index (χ4n) is 2.00. The highest BCUT2D eigenvalue weighted by atomic mass is 32.1. The van der Waals surface area contributed by atoms with Crippen molar-refractivity contribution in [1.82, 2.24) is 0 Å². The van der Waals surface area contributed by atoms with Gasteiger partial charge < -0.3 is 10.5 Å². The summed E-state index contributed by atoms with van der Waals surface area (Å²) in [5.74, 6) is -0.283. The number of ether oxygens (including phenoxy) is 1. The molecule has 1 fully saturated rings. The molecule has 1 saturated carbocycles. The maximum Gasteiger partial charge on any atom is 0.328 e. The average molecular weight is 239 g/mol. The molecule has 1 heterocycles. The highest BCUT2D eigenvalue weighted by molar-refractivity contribution is 7.10. The SMILES string of the molecule is NC(C(=O)OC1CCCCC1)c1cccs1. The zero-order chi connectivity index (χ0) is 11.4. The first-order valence-corrected chi connectivity index (χ1v) is 6.65. The van der Waals surface area contributed by atoms with Gasteiger partial charge in [-0.1, -0.05) is 12.5 Å². The van der Waals surface area contributed by atoms with E-state index in [0.717, 1.165) is 30.6 Å². The first-order chi connectivity index (χ1) is 7.77. The zero-order valence-corrected chi connectivity index (χ0v) is 10.0. The topological polar surface area (TPSA) is 52.3 Å². The van der Waals surface area contributed by atoms with Crippen LogP contribution < -0.4 is 5.73 Å². The van der Waals surface area contributed by atoms with Crippen LogP contribution in [-0.2, 0) is 9.53 Å². The molecule has 1 aromatic rings. The van der Waals surface area contributed by atoms with Crippen molar-refractivity contribution in [3.05, 3.63) is 22.4 Å². The quantitative estimate of drug-likeness (QED) is 0.825. The third-order valence-corrected chi connectivity index (χ3v) is 3.89. The third-order valence-electron chi connectivity index (χ3n) is 2.94. The van der Waals surface area contributed by atoms with E-state index in [4.69, 9.17) is 10.5 Å². The van der Waals surface area contributed by atoms with Gasteiger partial charge in [0.1, 0.15) is 12.1 Å². The van der Waals surface area contributed by atoms with Crippen LogP contribution in [0.15, 0.2) is 17.5 Å². The van der Waals surface area contributed by atoms with E-state index in [1.165, 1.54) is 17.8 Å². The molecule has 1 atom stereocenters. The highest BCUT2D eigenvalue weighted by Crippen LogP contribution is 2.23. The minimum absolute atomic E-state index is 0.0901. The van der Waals surface area contributed by atoms with E-state index in [2.05, 4.69) is 0 Å². The third kappa shape index (κ3) is 2.83. The molecule has 2 N–H and O–H groups in total. The Hall–Kier alpha value is -0.870. The molecule has 16 heavy (non-hydrogen) atoms. The fourth-order valence-corrected chi connectivity index (χ4v) is 2.72. The first kappa shape index (κ1) is 11.6. The van der Waals surface area contributed by atoms with Crippen molar-refractivity contribution < 1.29 is 9.53 Å². The van der Waals surface area contributed by atoms with Crippen LogP contribution in [0, 0.1) is 0 Å². The van der Waals surface area contributed by atoms with Crippen LogP contribution in [0.2, 0.25) is 0 Å². The zero-order valence-electron chi connectivity index (χ0n) is 9.22. The molecule has 0 aliphatic heterocycles. The van der Waals surface area contributed by atoms with Crippen molar-refractivity contribution in [2.75, 3.05) is 0 Å². The van der Waals surface area contributed by atoms with E-state index >= 15 is 0 Å². The van der Waals surface area contributed by atoms with Gasteiger partial charge in [-0.15, -0.1) is 11.3 Å². The number of hydrogen-bond donors (Lipinski definition) is 1. The Kier molecular flexibility index (Phi) is 3.96. The maximum absolute atomic E-state index is 11.8. The van der Waals surface area contributed by atoms with Crippen molar-refractivity contribution in [1.29, 1.82) is 0 Å². The van der Waals surface area contributed by atoms with Gasteiger partial charge in [-0.05, 0) is 37.1 Å². The van der Waals surface area contributed by atoms with Gasteiger partial charge in [-0.25, -0.2) is 4.79 Å². The molecule has 0 spiro atoms. The van der Waals surface area contributed by atoms with E-state index in [-0.39, 0.29) is 12.1 Å². The summed E-state index contributed by atoms with van der Waals surface area (Å²) in [4.78, 5) is 12.6. The maximum atomic E-state index is 11.8. The largest absolute Gasteiger partial charge is 0.461 e. The minimum atomic E-state index is -0.609. The lowest BCUT2D eigenvalue weighted by Gasteiger charge is -2.23. The lowest BCUT2D eigenvalue weighted by molar-refractivity contribution is -0.152. The number of hydrogen-bond acceptors (Lipinski definition) is 4. The number of nitrogens with two attached hydrogens (primary N) is 1. The monoisotopic (exact) mass is 239 g/mol. The Bertz CT molecular complexity index is 331. The summed E-state index contributed by atoms with van der Waals surface area (Å²) in [7, 11) is 0. The summed E-state index contributed by atoms with van der Waals surface area (Å²) in [5, 5.41) is 1.92. The highest BCUT2D eigenvalue weighted by Gasteiger charge is 2.23. The Morgan fingerprint density at radius 3 is 2.81 bits per heavy atom. The van der Waals surface area contributed by atoms with Gasteiger partial charge in [0.15, 0.2) is 0 Å². The molecule has 2 rings (SSSR count). The number of carbonyl (C=O) groups excluding carboxylic acids is 1. The van der Waals surface area contributed by atoms with Gasteiger partial charge in [0.25, 0.3) is 0 Å². The lowest BCUT2D eigenvalue weighted by atomic mass is 9.98. The van der Waals surface area contributed by atoms with Gasteiger partial charge in [-0.3, -0.25) is 0 Å². The standard InChI is InChI=1S/C12H17NO2S/c13-11(10-7-4-8-16-10)12(14)15-9-5-2-1-3-6-9/h4,7-9,11H,1-3,5-6,13H2. The second-order valence-corrected chi connectivity index (χ2v) is 5.17. The van der Waals surface area contributed by atoms with Crippen LogP contribution in [0.3, 0.4) is 0 Å². The number of rotatable bonds is 3. The van der Waals surface area contributed by atoms with Crippen LogP contribution in [-0.4, -0.2) is 12.1 Å². The summed E-state index contributed by atoms with van der Waals surface area (Å²) < 4.78 is 5.42. The first-order valence-electron chi connectivity index (χ1n) is 5.77. The molecule has 0 saturated heterocycles. The number of thiophene rings is 1. The molecule has 1 aliphatic rings. The van der Waals surface area contributed by atoms with Gasteiger partial charge in [-0.2, -0.15) is 0 Å². The Balaban J connectivity index is 1.87. The van der Waals surface area contributed by atoms with E-state index in [1.807, 2.05) is 17.5 Å². The van der Waals surface area contributed by atoms with Crippen LogP contribution >= 0.6 is 11.3 Å². The molecule has 3 nitrogen and oxygen atoms in total. The van der Waals surface area contributed by atoms with Crippen LogP contribution in [0.4, 0.5) is 0 Å². The smallest absolute Gasteiger partial charge is 0.328 e. The number of carbonyl (C=O) groups is 1. The molecular formula is C12H17NO2S. The summed E-state index contributed by atoms with van der Waals surface area (Å²) in [6.45, 7) is 0. The predicted octanol–water partition coefficient (Wildman–Crippen LogP) is 2.62. The van der Waals surface area contributed by atoms with Crippen LogP contribution in [0.25, 0.3) is 0 Å². The van der Waals surface area contributed by atoms with Gasteiger partial charge in [0.05, 0.1) is 0 Å². The molecule has 1 aromatic heterocycles. The Morgan fingerprint density at radius 1 is 1.44 bits per heavy atom. The second-order valence-electron chi connectivity index (χ2n) is 4.19. The lowest BCUT2D eigenvalue weighted by Crippen LogP contribution is -2.28. The summed E-state index contributed by atoms with van der Waals surface area (Å²) in [6.07, 6.45) is 5.64. The summed E-state index contributed by atoms with van der Waals surface area (Å²) >= 11 is 1.50.